The molecule has 5 rings (SSSR count). The second-order valence-electron chi connectivity index (χ2n) is 7.47. The van der Waals surface area contributed by atoms with Crippen molar-refractivity contribution in [3.05, 3.63) is 99.6 Å². The molecule has 0 saturated carbocycles. The molecule has 2 amide bonds. The zero-order valence-electron chi connectivity index (χ0n) is 16.5. The van der Waals surface area contributed by atoms with Gasteiger partial charge in [-0.3, -0.25) is 24.5 Å². The fourth-order valence-corrected chi connectivity index (χ4v) is 4.47. The first-order chi connectivity index (χ1) is 15.5. The van der Waals surface area contributed by atoms with Crippen molar-refractivity contribution in [3.8, 4) is 0 Å². The molecule has 0 unspecified atom stereocenters. The number of imide groups is 1. The zero-order valence-corrected chi connectivity index (χ0v) is 17.3. The van der Waals surface area contributed by atoms with Crippen LogP contribution in [0.25, 0.3) is 0 Å². The van der Waals surface area contributed by atoms with Gasteiger partial charge in [0.25, 0.3) is 11.6 Å². The Morgan fingerprint density at radius 3 is 2.34 bits per heavy atom. The third kappa shape index (κ3) is 3.12. The number of nitrogens with zero attached hydrogens (tertiary/aromatic N) is 3. The van der Waals surface area contributed by atoms with Crippen molar-refractivity contribution in [2.24, 2.45) is 5.92 Å². The van der Waals surface area contributed by atoms with Crippen LogP contribution < -0.4 is 9.96 Å². The Morgan fingerprint density at radius 1 is 0.906 bits per heavy atom. The molecule has 0 radical (unpaired) electrons. The Bertz CT molecular complexity index is 1240. The maximum Gasteiger partial charge on any atom is 0.269 e. The number of hydroxylamine groups is 1. The molecule has 9 heteroatoms. The van der Waals surface area contributed by atoms with Crippen LogP contribution in [0.2, 0.25) is 5.02 Å². The third-order valence-corrected chi connectivity index (χ3v) is 5.96. The van der Waals surface area contributed by atoms with E-state index < -0.39 is 34.8 Å². The number of hydrogen-bond acceptors (Lipinski definition) is 6. The van der Waals surface area contributed by atoms with Crippen LogP contribution in [0, 0.1) is 16.0 Å². The molecule has 2 heterocycles. The predicted octanol–water partition coefficient (Wildman–Crippen LogP) is 4.30. The highest BCUT2D eigenvalue weighted by molar-refractivity contribution is 6.36. The molecule has 8 nitrogen and oxygen atoms in total. The first-order valence-corrected chi connectivity index (χ1v) is 10.2. The molecule has 0 spiro atoms. The van der Waals surface area contributed by atoms with E-state index in [9.17, 15) is 19.7 Å². The van der Waals surface area contributed by atoms with E-state index >= 15 is 0 Å². The van der Waals surface area contributed by atoms with Crippen molar-refractivity contribution in [3.63, 3.8) is 0 Å². The Kier molecular flexibility index (Phi) is 4.88. The van der Waals surface area contributed by atoms with Crippen LogP contribution in [0.1, 0.15) is 11.6 Å². The number of para-hydroxylation sites is 2. The monoisotopic (exact) mass is 449 g/mol. The number of halogens is 1. The van der Waals surface area contributed by atoms with E-state index in [1.54, 1.807) is 60.7 Å². The standard InChI is InChI=1S/C23H16ClN3O5/c24-17-11-4-5-12-18(17)25-22(28)19-20(14-7-6-10-16(13-14)27(30)31)26(32-21(19)23(25)29)15-8-2-1-3-9-15/h1-13,19-21H/t19-,20-,21+/m1/s1. The average molecular weight is 450 g/mol. The summed E-state index contributed by atoms with van der Waals surface area (Å²) in [6.45, 7) is 0. The SMILES string of the molecule is O=C1[C@H]2[C@H](ON(c3ccccc3)[C@@H]2c2cccc([N+](=O)[O-])c2)C(=O)N1c1ccccc1Cl. The van der Waals surface area contributed by atoms with Crippen LogP contribution in [0.15, 0.2) is 78.9 Å². The van der Waals surface area contributed by atoms with E-state index in [0.717, 1.165) is 4.90 Å². The lowest BCUT2D eigenvalue weighted by Crippen LogP contribution is -2.37. The van der Waals surface area contributed by atoms with Gasteiger partial charge in [-0.25, -0.2) is 9.96 Å². The number of rotatable bonds is 4. The van der Waals surface area contributed by atoms with Gasteiger partial charge in [0.15, 0.2) is 6.10 Å². The van der Waals surface area contributed by atoms with E-state index in [4.69, 9.17) is 16.4 Å². The number of benzene rings is 3. The van der Waals surface area contributed by atoms with Gasteiger partial charge in [0.1, 0.15) is 5.92 Å². The maximum atomic E-state index is 13.5. The molecule has 0 aliphatic carbocycles. The summed E-state index contributed by atoms with van der Waals surface area (Å²) in [5.74, 6) is -1.90. The van der Waals surface area contributed by atoms with Gasteiger partial charge in [-0.15, -0.1) is 0 Å². The average Bonchev–Trinajstić information content (AvgIpc) is 3.31. The molecule has 2 aliphatic rings. The van der Waals surface area contributed by atoms with Gasteiger partial charge in [0.2, 0.25) is 5.91 Å². The third-order valence-electron chi connectivity index (χ3n) is 5.64. The summed E-state index contributed by atoms with van der Waals surface area (Å²) in [5.41, 5.74) is 1.30. The number of nitro benzene ring substituents is 1. The van der Waals surface area contributed by atoms with Gasteiger partial charge < -0.3 is 0 Å². The highest BCUT2D eigenvalue weighted by Crippen LogP contribution is 2.48. The zero-order chi connectivity index (χ0) is 22.4. The minimum absolute atomic E-state index is 0.112. The molecule has 2 fully saturated rings. The van der Waals surface area contributed by atoms with Crippen LogP contribution >= 0.6 is 11.6 Å². The number of fused-ring (bicyclic) bond motifs is 1. The minimum Gasteiger partial charge on any atom is -0.273 e. The Balaban J connectivity index is 1.62. The smallest absolute Gasteiger partial charge is 0.269 e. The summed E-state index contributed by atoms with van der Waals surface area (Å²) in [7, 11) is 0. The van der Waals surface area contributed by atoms with Crippen molar-refractivity contribution in [2.75, 3.05) is 9.96 Å². The molecule has 3 aromatic carbocycles. The first kappa shape index (κ1) is 20.2. The summed E-state index contributed by atoms with van der Waals surface area (Å²) in [6.07, 6.45) is -1.08. The van der Waals surface area contributed by atoms with Crippen molar-refractivity contribution >= 4 is 40.5 Å². The first-order valence-electron chi connectivity index (χ1n) is 9.85. The summed E-state index contributed by atoms with van der Waals surface area (Å²) in [5, 5.41) is 13.1. The van der Waals surface area contributed by atoms with Crippen molar-refractivity contribution in [2.45, 2.75) is 12.1 Å². The summed E-state index contributed by atoms with van der Waals surface area (Å²) < 4.78 is 0. The number of nitro groups is 1. The maximum absolute atomic E-state index is 13.5. The van der Waals surface area contributed by atoms with E-state index in [-0.39, 0.29) is 16.4 Å². The number of hydrogen-bond donors (Lipinski definition) is 0. The molecular weight excluding hydrogens is 434 g/mol. The molecule has 0 bridgehead atoms. The second kappa shape index (κ2) is 7.74. The minimum atomic E-state index is -1.08. The van der Waals surface area contributed by atoms with Crippen molar-refractivity contribution < 1.29 is 19.3 Å². The van der Waals surface area contributed by atoms with Crippen LogP contribution in [-0.2, 0) is 14.4 Å². The van der Waals surface area contributed by atoms with Gasteiger partial charge in [-0.2, -0.15) is 0 Å². The van der Waals surface area contributed by atoms with Gasteiger partial charge in [-0.05, 0) is 29.8 Å². The molecular formula is C23H16ClN3O5. The highest BCUT2D eigenvalue weighted by atomic mass is 35.5. The van der Waals surface area contributed by atoms with Crippen LogP contribution in [0.3, 0.4) is 0 Å². The number of anilines is 2. The van der Waals surface area contributed by atoms with Crippen molar-refractivity contribution in [1.29, 1.82) is 0 Å². The fourth-order valence-electron chi connectivity index (χ4n) is 4.25. The summed E-state index contributed by atoms with van der Waals surface area (Å²) >= 11 is 6.25. The lowest BCUT2D eigenvalue weighted by molar-refractivity contribution is -0.384. The summed E-state index contributed by atoms with van der Waals surface area (Å²) in [6, 6.07) is 20.9. The van der Waals surface area contributed by atoms with E-state index in [1.807, 2.05) is 6.07 Å². The summed E-state index contributed by atoms with van der Waals surface area (Å²) in [4.78, 5) is 44.7. The van der Waals surface area contributed by atoms with Crippen molar-refractivity contribution in [1.82, 2.24) is 0 Å². The molecule has 2 saturated heterocycles. The van der Waals surface area contributed by atoms with Crippen LogP contribution in [0.5, 0.6) is 0 Å². The predicted molar refractivity (Wildman–Crippen MR) is 117 cm³/mol. The molecule has 3 atom stereocenters. The lowest BCUT2D eigenvalue weighted by Gasteiger charge is -2.28. The van der Waals surface area contributed by atoms with Gasteiger partial charge in [0.05, 0.1) is 27.4 Å². The molecule has 0 N–H and O–H groups in total. The van der Waals surface area contributed by atoms with Gasteiger partial charge in [-0.1, -0.05) is 54.1 Å². The van der Waals surface area contributed by atoms with E-state index in [0.29, 0.717) is 11.3 Å². The molecule has 2 aliphatic heterocycles. The lowest BCUT2D eigenvalue weighted by atomic mass is 9.90. The normalized spacial score (nSPS) is 22.3. The number of carbonyl (C=O) groups is 2. The highest BCUT2D eigenvalue weighted by Gasteiger charge is 2.60. The topological polar surface area (TPSA) is 93.0 Å². The Labute approximate surface area is 187 Å². The quantitative estimate of drug-likeness (QED) is 0.335. The number of carbonyl (C=O) groups excluding carboxylic acids is 2. The number of amides is 2. The van der Waals surface area contributed by atoms with Crippen LogP contribution in [0.4, 0.5) is 17.1 Å². The second-order valence-corrected chi connectivity index (χ2v) is 7.88. The van der Waals surface area contributed by atoms with E-state index in [1.165, 1.54) is 17.2 Å². The van der Waals surface area contributed by atoms with Gasteiger partial charge >= 0.3 is 0 Å². The Morgan fingerprint density at radius 2 is 1.62 bits per heavy atom. The van der Waals surface area contributed by atoms with Crippen LogP contribution in [-0.4, -0.2) is 22.8 Å². The van der Waals surface area contributed by atoms with Gasteiger partial charge in [0, 0.05) is 12.1 Å². The van der Waals surface area contributed by atoms with E-state index in [2.05, 4.69) is 0 Å². The molecule has 0 aromatic heterocycles. The molecule has 32 heavy (non-hydrogen) atoms. The molecule has 3 aromatic rings. The number of non-ortho nitro benzene ring substituents is 1. The molecule has 160 valence electrons. The largest absolute Gasteiger partial charge is 0.273 e. The fraction of sp³-hybridized carbons (Fsp3) is 0.130. The Hall–Kier alpha value is -3.75.